The highest BCUT2D eigenvalue weighted by Gasteiger charge is 2.42. The van der Waals surface area contributed by atoms with Crippen LogP contribution in [0.5, 0.6) is 0 Å². The number of fused-ring (bicyclic) bond motifs is 1. The molecule has 0 saturated carbocycles. The van der Waals surface area contributed by atoms with Crippen LogP contribution in [-0.2, 0) is 30.6 Å². The predicted molar refractivity (Wildman–Crippen MR) is 202 cm³/mol. The number of rotatable bonds is 20. The number of carboxylic acids is 2. The van der Waals surface area contributed by atoms with Gasteiger partial charge in [-0.3, -0.25) is 44.5 Å². The Hall–Kier alpha value is -3.40. The SMILES string of the molecule is C=[N+](CCCCC1SCC2NC(=O)NC21)CC(=O)Nc1ccc(CC2CN(CC(=O)O)CCN(CCOO)CCN(CCOO)CCN2CC(=O)O)cc1. The van der Waals surface area contributed by atoms with Gasteiger partial charge in [0.05, 0.1) is 38.4 Å². The number of aliphatic carboxylic acids is 2. The Morgan fingerprint density at radius 1 is 0.889 bits per heavy atom. The minimum Gasteiger partial charge on any atom is -0.480 e. The van der Waals surface area contributed by atoms with Crippen LogP contribution in [0, 0.1) is 0 Å². The maximum absolute atomic E-state index is 12.8. The van der Waals surface area contributed by atoms with Crippen molar-refractivity contribution in [3.63, 3.8) is 0 Å². The molecule has 0 radical (unpaired) electrons. The Labute approximate surface area is 320 Å². The Kier molecular flexibility index (Phi) is 18.3. The van der Waals surface area contributed by atoms with Crippen molar-refractivity contribution < 1.29 is 54.3 Å². The summed E-state index contributed by atoms with van der Waals surface area (Å²) in [4.78, 5) is 64.9. The molecule has 0 spiro atoms. The summed E-state index contributed by atoms with van der Waals surface area (Å²) in [6.07, 6.45) is 3.28. The Morgan fingerprint density at radius 3 is 2.15 bits per heavy atom. The fourth-order valence-corrected chi connectivity index (χ4v) is 8.79. The van der Waals surface area contributed by atoms with E-state index in [9.17, 15) is 29.4 Å². The lowest BCUT2D eigenvalue weighted by atomic mass is 10.0. The van der Waals surface area contributed by atoms with Crippen molar-refractivity contribution >= 4 is 48.0 Å². The molecule has 3 aliphatic heterocycles. The van der Waals surface area contributed by atoms with E-state index in [-0.39, 0.29) is 69.5 Å². The lowest BCUT2D eigenvalue weighted by Gasteiger charge is -2.38. The van der Waals surface area contributed by atoms with Gasteiger partial charge in [-0.25, -0.2) is 19.1 Å². The molecular weight excluding hydrogens is 724 g/mol. The van der Waals surface area contributed by atoms with Gasteiger partial charge < -0.3 is 26.2 Å². The summed E-state index contributed by atoms with van der Waals surface area (Å²) in [6, 6.07) is 7.29. The third kappa shape index (κ3) is 15.0. The number of benzene rings is 1. The third-order valence-electron chi connectivity index (χ3n) is 10.1. The van der Waals surface area contributed by atoms with E-state index in [0.29, 0.717) is 76.3 Å². The first kappa shape index (κ1) is 43.3. The second-order valence-corrected chi connectivity index (χ2v) is 15.4. The van der Waals surface area contributed by atoms with Crippen molar-refractivity contribution in [1.82, 2.24) is 30.2 Å². The standard InChI is InChI=1S/C35H56N8O10S/c1-39(9-3-2-4-30-34-29(25-54-30)37-35(49)38-34)22-31(44)36-27-7-5-26(6-8-27)20-28-21-42(23-32(45)46)13-12-40(16-18-52-50)10-11-41(17-19-53-51)14-15-43(28)24-33(47)48/h5-8,28-30,34H,1-4,9-25H2,(H6-,36,37,38,44,45,46,47,48,49,50,51)/p+1. The summed E-state index contributed by atoms with van der Waals surface area (Å²) in [5.41, 5.74) is 1.50. The van der Waals surface area contributed by atoms with Crippen molar-refractivity contribution in [2.24, 2.45) is 0 Å². The fourth-order valence-electron chi connectivity index (χ4n) is 7.25. The maximum Gasteiger partial charge on any atom is 0.317 e. The maximum atomic E-state index is 12.8. The minimum atomic E-state index is -1.00. The van der Waals surface area contributed by atoms with Gasteiger partial charge in [-0.15, -0.1) is 0 Å². The van der Waals surface area contributed by atoms with Crippen LogP contribution in [0.3, 0.4) is 0 Å². The first-order valence-corrected chi connectivity index (χ1v) is 19.6. The smallest absolute Gasteiger partial charge is 0.317 e. The van der Waals surface area contributed by atoms with Gasteiger partial charge in [0.25, 0.3) is 5.91 Å². The van der Waals surface area contributed by atoms with E-state index in [0.717, 1.165) is 30.6 Å². The number of nitrogens with one attached hydrogen (secondary N) is 3. The van der Waals surface area contributed by atoms with Gasteiger partial charge in [0.15, 0.2) is 0 Å². The average molecular weight is 782 g/mol. The molecule has 302 valence electrons. The molecule has 54 heavy (non-hydrogen) atoms. The van der Waals surface area contributed by atoms with E-state index >= 15 is 0 Å². The molecule has 4 unspecified atom stereocenters. The zero-order valence-corrected chi connectivity index (χ0v) is 31.7. The highest BCUT2D eigenvalue weighted by molar-refractivity contribution is 8.00. The van der Waals surface area contributed by atoms with E-state index in [2.05, 4.69) is 42.2 Å². The van der Waals surface area contributed by atoms with Crippen molar-refractivity contribution in [2.45, 2.75) is 49.1 Å². The van der Waals surface area contributed by atoms with Crippen LogP contribution in [0.15, 0.2) is 24.3 Å². The molecule has 3 saturated heterocycles. The number of anilines is 1. The molecule has 7 N–H and O–H groups in total. The molecular formula is C35H57N8O10S+. The first-order chi connectivity index (χ1) is 26.0. The molecule has 19 heteroatoms. The molecule has 18 nitrogen and oxygen atoms in total. The van der Waals surface area contributed by atoms with E-state index < -0.39 is 11.9 Å². The van der Waals surface area contributed by atoms with Crippen LogP contribution in [0.2, 0.25) is 0 Å². The molecule has 4 rings (SSSR count). The van der Waals surface area contributed by atoms with E-state index in [4.69, 9.17) is 10.5 Å². The number of nitrogens with zero attached hydrogens (tertiary/aromatic N) is 5. The van der Waals surface area contributed by atoms with Crippen molar-refractivity contribution in [3.8, 4) is 0 Å². The molecule has 1 aromatic carbocycles. The van der Waals surface area contributed by atoms with Gasteiger partial charge in [0.1, 0.15) is 13.3 Å². The molecule has 0 aliphatic carbocycles. The van der Waals surface area contributed by atoms with Gasteiger partial charge >= 0.3 is 18.0 Å². The largest absolute Gasteiger partial charge is 0.480 e. The van der Waals surface area contributed by atoms with Gasteiger partial charge in [-0.2, -0.15) is 11.8 Å². The Balaban J connectivity index is 1.35. The second-order valence-electron chi connectivity index (χ2n) is 14.1. The number of thioether (sulfide) groups is 1. The lowest BCUT2D eigenvalue weighted by molar-refractivity contribution is -0.508. The molecule has 3 heterocycles. The summed E-state index contributed by atoms with van der Waals surface area (Å²) in [7, 11) is 0. The zero-order valence-electron chi connectivity index (χ0n) is 30.9. The van der Waals surface area contributed by atoms with Gasteiger partial charge in [0, 0.05) is 88.1 Å². The monoisotopic (exact) mass is 781 g/mol. The number of urea groups is 1. The third-order valence-corrected chi connectivity index (χ3v) is 11.6. The quantitative estimate of drug-likeness (QED) is 0.0231. The van der Waals surface area contributed by atoms with Gasteiger partial charge in [0.2, 0.25) is 6.54 Å². The van der Waals surface area contributed by atoms with Crippen LogP contribution in [-0.4, -0.2) is 203 Å². The highest BCUT2D eigenvalue weighted by Crippen LogP contribution is 2.33. The van der Waals surface area contributed by atoms with Crippen LogP contribution in [0.25, 0.3) is 0 Å². The second kappa shape index (κ2) is 22.9. The lowest BCUT2D eigenvalue weighted by Crippen LogP contribution is -2.53. The highest BCUT2D eigenvalue weighted by atomic mass is 32.2. The summed E-state index contributed by atoms with van der Waals surface area (Å²) < 4.78 is 1.74. The normalized spacial score (nSPS) is 23.5. The summed E-state index contributed by atoms with van der Waals surface area (Å²) in [5, 5.41) is 46.9. The van der Waals surface area contributed by atoms with Crippen LogP contribution in [0.1, 0.15) is 24.8 Å². The summed E-state index contributed by atoms with van der Waals surface area (Å²) in [5.74, 6) is -1.26. The molecule has 1 aromatic rings. The topological polar surface area (TPSA) is 220 Å². The number of carboxylic acid groups (broad SMARTS) is 2. The fraction of sp³-hybridized carbons (Fsp3) is 0.686. The number of hydrogen-bond donors (Lipinski definition) is 7. The van der Waals surface area contributed by atoms with Crippen LogP contribution >= 0.6 is 11.8 Å². The minimum absolute atomic E-state index is 0.0751. The predicted octanol–water partition coefficient (Wildman–Crippen LogP) is -0.0450. The molecule has 3 amide bonds. The van der Waals surface area contributed by atoms with Gasteiger partial charge in [-0.05, 0) is 37.0 Å². The van der Waals surface area contributed by atoms with Crippen molar-refractivity contribution in [1.29, 1.82) is 0 Å². The first-order valence-electron chi connectivity index (χ1n) is 18.5. The van der Waals surface area contributed by atoms with E-state index in [1.54, 1.807) is 16.7 Å². The summed E-state index contributed by atoms with van der Waals surface area (Å²) >= 11 is 1.89. The Morgan fingerprint density at radius 2 is 1.52 bits per heavy atom. The number of carbonyl (C=O) groups excluding carboxylic acids is 2. The summed E-state index contributed by atoms with van der Waals surface area (Å²) in [6.45, 7) is 8.50. The molecule has 4 atom stereocenters. The van der Waals surface area contributed by atoms with Crippen molar-refractivity contribution in [3.05, 3.63) is 29.8 Å². The molecule has 3 fully saturated rings. The van der Waals surface area contributed by atoms with Crippen LogP contribution in [0.4, 0.5) is 10.5 Å². The number of carbonyl (C=O) groups is 4. The number of hydrogen-bond acceptors (Lipinski definition) is 13. The average Bonchev–Trinajstić information content (AvgIpc) is 3.68. The number of amides is 3. The van der Waals surface area contributed by atoms with Crippen molar-refractivity contribution in [2.75, 3.05) is 109 Å². The molecule has 3 aliphatic rings. The van der Waals surface area contributed by atoms with E-state index in [1.165, 1.54) is 0 Å². The van der Waals surface area contributed by atoms with Gasteiger partial charge in [-0.1, -0.05) is 12.1 Å². The molecule has 0 bridgehead atoms. The van der Waals surface area contributed by atoms with Crippen LogP contribution < -0.4 is 16.0 Å². The Bertz CT molecular complexity index is 1380. The molecule has 0 aromatic heterocycles. The van der Waals surface area contributed by atoms with E-state index in [1.807, 2.05) is 33.7 Å². The number of unbranched alkanes of at least 4 members (excludes halogenated alkanes) is 1. The zero-order chi connectivity index (χ0) is 38.9.